The molecule has 0 aliphatic carbocycles. The van der Waals surface area contributed by atoms with Gasteiger partial charge in [-0.3, -0.25) is 4.90 Å². The predicted octanol–water partition coefficient (Wildman–Crippen LogP) is 3.08. The van der Waals surface area contributed by atoms with Gasteiger partial charge in [-0.2, -0.15) is 5.26 Å². The van der Waals surface area contributed by atoms with Gasteiger partial charge in [-0.05, 0) is 30.3 Å². The number of likely N-dealkylation sites (N-methyl/N-ethyl adjacent to an activating group) is 1. The Morgan fingerprint density at radius 3 is 2.29 bits per heavy atom. The number of rotatable bonds is 5. The van der Waals surface area contributed by atoms with Crippen molar-refractivity contribution in [2.75, 3.05) is 33.2 Å². The maximum absolute atomic E-state index is 9.58. The maximum Gasteiger partial charge on any atom is 0.123 e. The Morgan fingerprint density at radius 2 is 1.67 bits per heavy atom. The smallest absolute Gasteiger partial charge is 0.123 e. The van der Waals surface area contributed by atoms with Crippen molar-refractivity contribution in [3.8, 4) is 11.8 Å². The van der Waals surface area contributed by atoms with Crippen LogP contribution in [-0.2, 0) is 6.61 Å². The van der Waals surface area contributed by atoms with Gasteiger partial charge >= 0.3 is 0 Å². The summed E-state index contributed by atoms with van der Waals surface area (Å²) in [7, 11) is 2.12. The summed E-state index contributed by atoms with van der Waals surface area (Å²) in [5, 5.41) is 9.58. The summed E-state index contributed by atoms with van der Waals surface area (Å²) in [6.07, 6.45) is 0. The van der Waals surface area contributed by atoms with Crippen LogP contribution in [-0.4, -0.2) is 43.0 Å². The van der Waals surface area contributed by atoms with Crippen LogP contribution in [0.4, 0.5) is 0 Å². The molecule has 1 aliphatic rings. The number of benzene rings is 2. The summed E-state index contributed by atoms with van der Waals surface area (Å²) in [6.45, 7) is 4.44. The first-order valence-corrected chi connectivity index (χ1v) is 8.35. The molecule has 0 amide bonds. The van der Waals surface area contributed by atoms with E-state index in [9.17, 15) is 5.26 Å². The van der Waals surface area contributed by atoms with E-state index in [1.165, 1.54) is 0 Å². The molecule has 1 heterocycles. The lowest BCUT2D eigenvalue weighted by atomic mass is 10.1. The van der Waals surface area contributed by atoms with Crippen LogP contribution >= 0.6 is 0 Å². The second kappa shape index (κ2) is 7.96. The van der Waals surface area contributed by atoms with Crippen molar-refractivity contribution >= 4 is 0 Å². The third-order valence-corrected chi connectivity index (χ3v) is 4.47. The van der Waals surface area contributed by atoms with Crippen LogP contribution < -0.4 is 4.74 Å². The van der Waals surface area contributed by atoms with Gasteiger partial charge in [0.15, 0.2) is 0 Å². The van der Waals surface area contributed by atoms with E-state index in [-0.39, 0.29) is 6.04 Å². The van der Waals surface area contributed by atoms with Gasteiger partial charge in [0.05, 0.1) is 6.07 Å². The molecular weight excluding hydrogens is 298 g/mol. The highest BCUT2D eigenvalue weighted by Gasteiger charge is 2.23. The second-order valence-corrected chi connectivity index (χ2v) is 6.21. The maximum atomic E-state index is 9.58. The molecule has 4 heteroatoms. The molecule has 1 fully saturated rings. The highest BCUT2D eigenvalue weighted by molar-refractivity contribution is 5.32. The molecular formula is C20H23N3O. The summed E-state index contributed by atoms with van der Waals surface area (Å²) in [6, 6.07) is 20.3. The Hall–Kier alpha value is -2.35. The lowest BCUT2D eigenvalue weighted by Crippen LogP contribution is -2.45. The van der Waals surface area contributed by atoms with Crippen LogP contribution in [0.1, 0.15) is 17.2 Å². The molecule has 2 aromatic rings. The van der Waals surface area contributed by atoms with E-state index in [4.69, 9.17) is 4.74 Å². The number of ether oxygens (including phenoxy) is 1. The zero-order valence-electron chi connectivity index (χ0n) is 14.1. The number of hydrogen-bond donors (Lipinski definition) is 0. The van der Waals surface area contributed by atoms with E-state index < -0.39 is 0 Å². The van der Waals surface area contributed by atoms with Crippen LogP contribution in [0.15, 0.2) is 54.6 Å². The Bertz CT molecular complexity index is 670. The topological polar surface area (TPSA) is 39.5 Å². The van der Waals surface area contributed by atoms with Gasteiger partial charge in [-0.25, -0.2) is 0 Å². The third-order valence-electron chi connectivity index (χ3n) is 4.47. The molecule has 0 saturated carbocycles. The van der Waals surface area contributed by atoms with Crippen molar-refractivity contribution in [1.29, 1.82) is 5.26 Å². The highest BCUT2D eigenvalue weighted by Crippen LogP contribution is 2.24. The normalized spacial score (nSPS) is 17.2. The molecule has 4 nitrogen and oxygen atoms in total. The third kappa shape index (κ3) is 4.14. The summed E-state index contributed by atoms with van der Waals surface area (Å²) >= 11 is 0. The molecule has 0 aromatic heterocycles. The molecule has 0 N–H and O–H groups in total. The molecule has 0 bridgehead atoms. The van der Waals surface area contributed by atoms with Crippen LogP contribution in [0.25, 0.3) is 0 Å². The van der Waals surface area contributed by atoms with E-state index in [0.717, 1.165) is 43.1 Å². The Labute approximate surface area is 143 Å². The molecule has 1 saturated heterocycles. The summed E-state index contributed by atoms with van der Waals surface area (Å²) in [5.41, 5.74) is 2.18. The van der Waals surface area contributed by atoms with E-state index in [0.29, 0.717) is 6.61 Å². The SMILES string of the molecule is CN1CCN(C(C#N)c2ccc(OCc3ccccc3)cc2)CC1. The van der Waals surface area contributed by atoms with Gasteiger partial charge in [0.25, 0.3) is 0 Å². The minimum atomic E-state index is -0.179. The number of nitrogens with zero attached hydrogens (tertiary/aromatic N) is 3. The quantitative estimate of drug-likeness (QED) is 0.848. The van der Waals surface area contributed by atoms with Crippen LogP contribution in [0, 0.1) is 11.3 Å². The van der Waals surface area contributed by atoms with E-state index in [1.54, 1.807) is 0 Å². The Morgan fingerprint density at radius 1 is 1.00 bits per heavy atom. The fourth-order valence-electron chi connectivity index (χ4n) is 2.93. The minimum Gasteiger partial charge on any atom is -0.489 e. The largest absolute Gasteiger partial charge is 0.489 e. The predicted molar refractivity (Wildman–Crippen MR) is 94.6 cm³/mol. The number of nitriles is 1. The van der Waals surface area contributed by atoms with Gasteiger partial charge in [0, 0.05) is 26.2 Å². The van der Waals surface area contributed by atoms with Gasteiger partial charge in [0.1, 0.15) is 18.4 Å². The summed E-state index contributed by atoms with van der Waals surface area (Å²) in [5.74, 6) is 0.831. The monoisotopic (exact) mass is 321 g/mol. The summed E-state index contributed by atoms with van der Waals surface area (Å²) < 4.78 is 5.82. The second-order valence-electron chi connectivity index (χ2n) is 6.21. The molecule has 24 heavy (non-hydrogen) atoms. The average molecular weight is 321 g/mol. The zero-order chi connectivity index (χ0) is 16.8. The molecule has 0 spiro atoms. The molecule has 124 valence electrons. The van der Waals surface area contributed by atoms with Gasteiger partial charge in [0.2, 0.25) is 0 Å². The molecule has 1 unspecified atom stereocenters. The molecule has 2 aromatic carbocycles. The average Bonchev–Trinajstić information content (AvgIpc) is 2.64. The molecule has 0 radical (unpaired) electrons. The number of piperazine rings is 1. The standard InChI is InChI=1S/C20H23N3O/c1-22-11-13-23(14-12-22)20(15-21)18-7-9-19(10-8-18)24-16-17-5-3-2-4-6-17/h2-10,20H,11-14,16H2,1H3. The first-order valence-electron chi connectivity index (χ1n) is 8.35. The van der Waals surface area contributed by atoms with Gasteiger partial charge < -0.3 is 9.64 Å². The van der Waals surface area contributed by atoms with Gasteiger partial charge in [-0.1, -0.05) is 42.5 Å². The van der Waals surface area contributed by atoms with Crippen molar-refractivity contribution in [2.45, 2.75) is 12.6 Å². The van der Waals surface area contributed by atoms with Crippen molar-refractivity contribution in [2.24, 2.45) is 0 Å². The number of hydrogen-bond acceptors (Lipinski definition) is 4. The molecule has 3 rings (SSSR count). The molecule has 1 aliphatic heterocycles. The molecule has 1 atom stereocenters. The lowest BCUT2D eigenvalue weighted by molar-refractivity contribution is 0.133. The van der Waals surface area contributed by atoms with E-state index in [1.807, 2.05) is 54.6 Å². The van der Waals surface area contributed by atoms with Crippen LogP contribution in [0.5, 0.6) is 5.75 Å². The van der Waals surface area contributed by atoms with Crippen LogP contribution in [0.2, 0.25) is 0 Å². The van der Waals surface area contributed by atoms with Crippen molar-refractivity contribution < 1.29 is 4.74 Å². The Balaban J connectivity index is 1.61. The van der Waals surface area contributed by atoms with Crippen molar-refractivity contribution in [1.82, 2.24) is 9.80 Å². The minimum absolute atomic E-state index is 0.179. The van der Waals surface area contributed by atoms with E-state index in [2.05, 4.69) is 22.9 Å². The van der Waals surface area contributed by atoms with Crippen molar-refractivity contribution in [3.05, 3.63) is 65.7 Å². The van der Waals surface area contributed by atoms with Crippen LogP contribution in [0.3, 0.4) is 0 Å². The van der Waals surface area contributed by atoms with E-state index >= 15 is 0 Å². The first-order chi connectivity index (χ1) is 11.8. The zero-order valence-corrected chi connectivity index (χ0v) is 14.1. The first kappa shape index (κ1) is 16.5. The Kier molecular flexibility index (Phi) is 5.47. The fourth-order valence-corrected chi connectivity index (χ4v) is 2.93. The van der Waals surface area contributed by atoms with Gasteiger partial charge in [-0.15, -0.1) is 0 Å². The summed E-state index contributed by atoms with van der Waals surface area (Å²) in [4.78, 5) is 4.55. The lowest BCUT2D eigenvalue weighted by Gasteiger charge is -2.35. The fraction of sp³-hybridized carbons (Fsp3) is 0.350. The van der Waals surface area contributed by atoms with Crippen molar-refractivity contribution in [3.63, 3.8) is 0 Å². The highest BCUT2D eigenvalue weighted by atomic mass is 16.5.